The fourth-order valence-corrected chi connectivity index (χ4v) is 6.78. The predicted molar refractivity (Wildman–Crippen MR) is 122 cm³/mol. The lowest BCUT2D eigenvalue weighted by molar-refractivity contribution is 1.83. The Morgan fingerprint density at radius 2 is 1.27 bits per heavy atom. The van der Waals surface area contributed by atoms with Crippen molar-refractivity contribution in [2.75, 3.05) is 0 Å². The highest BCUT2D eigenvalue weighted by Crippen LogP contribution is 2.46. The van der Waals surface area contributed by atoms with Crippen molar-refractivity contribution in [2.24, 2.45) is 0 Å². The molecule has 4 heterocycles. The Morgan fingerprint density at radius 1 is 0.538 bits per heavy atom. The summed E-state index contributed by atoms with van der Waals surface area (Å²) in [6.07, 6.45) is 4.42. The average molecular weight is 407 g/mol. The van der Waals surface area contributed by atoms with Gasteiger partial charge in [0.05, 0.1) is 9.75 Å². The maximum atomic E-state index is 2.26. The van der Waals surface area contributed by atoms with E-state index in [-0.39, 0.29) is 0 Å². The molecule has 0 spiro atoms. The van der Waals surface area contributed by atoms with E-state index >= 15 is 0 Å². The van der Waals surface area contributed by atoms with E-state index in [1.807, 2.05) is 34.0 Å². The van der Waals surface area contributed by atoms with E-state index in [2.05, 4.69) is 83.6 Å². The second-order valence-electron chi connectivity index (χ2n) is 5.83. The molecule has 0 saturated heterocycles. The molecule has 0 fully saturated rings. The van der Waals surface area contributed by atoms with E-state index in [0.717, 1.165) is 0 Å². The van der Waals surface area contributed by atoms with Crippen molar-refractivity contribution in [1.29, 1.82) is 0 Å². The molecule has 5 aromatic rings. The molecule has 0 nitrogen and oxygen atoms in total. The van der Waals surface area contributed by atoms with Crippen molar-refractivity contribution >= 4 is 68.3 Å². The Hall–Kier alpha value is -1.98. The molecule has 0 atom stereocenters. The zero-order valence-electron chi connectivity index (χ0n) is 13.7. The summed E-state index contributed by atoms with van der Waals surface area (Å²) in [5.41, 5.74) is 0. The second kappa shape index (κ2) is 6.97. The van der Waals surface area contributed by atoms with Crippen LogP contribution in [-0.2, 0) is 0 Å². The van der Waals surface area contributed by atoms with Gasteiger partial charge in [-0.05, 0) is 47.2 Å². The first-order valence-corrected chi connectivity index (χ1v) is 11.6. The largest absolute Gasteiger partial charge is 0.144 e. The van der Waals surface area contributed by atoms with E-state index in [1.165, 1.54) is 40.0 Å². The summed E-state index contributed by atoms with van der Waals surface area (Å²) in [5.74, 6) is 0. The molecular weight excluding hydrogens is 393 g/mol. The van der Waals surface area contributed by atoms with Gasteiger partial charge in [0.2, 0.25) is 0 Å². The summed E-state index contributed by atoms with van der Waals surface area (Å²) in [6, 6.07) is 21.8. The van der Waals surface area contributed by atoms with Gasteiger partial charge in [0.25, 0.3) is 0 Å². The van der Waals surface area contributed by atoms with Gasteiger partial charge in [0.1, 0.15) is 0 Å². The molecule has 0 amide bonds. The smallest absolute Gasteiger partial charge is 0.0528 e. The fourth-order valence-electron chi connectivity index (χ4n) is 2.98. The molecule has 0 unspecified atom stereocenters. The van der Waals surface area contributed by atoms with Crippen LogP contribution in [0.4, 0.5) is 0 Å². The van der Waals surface area contributed by atoms with Gasteiger partial charge in [-0.25, -0.2) is 0 Å². The van der Waals surface area contributed by atoms with Gasteiger partial charge in [0, 0.05) is 30.3 Å². The number of fused-ring (bicyclic) bond motifs is 1. The monoisotopic (exact) mass is 406 g/mol. The van der Waals surface area contributed by atoms with Crippen LogP contribution in [0.2, 0.25) is 0 Å². The Morgan fingerprint density at radius 3 is 2.00 bits per heavy atom. The zero-order chi connectivity index (χ0) is 17.3. The second-order valence-corrected chi connectivity index (χ2v) is 9.90. The molecule has 0 radical (unpaired) electrons. The first kappa shape index (κ1) is 16.2. The van der Waals surface area contributed by atoms with Gasteiger partial charge in [-0.2, -0.15) is 0 Å². The number of hydrogen-bond acceptors (Lipinski definition) is 4. The van der Waals surface area contributed by atoms with Crippen LogP contribution in [0.15, 0.2) is 71.4 Å². The molecule has 4 aromatic heterocycles. The van der Waals surface area contributed by atoms with Gasteiger partial charge in [-0.3, -0.25) is 0 Å². The van der Waals surface area contributed by atoms with E-state index in [4.69, 9.17) is 0 Å². The number of benzene rings is 1. The van der Waals surface area contributed by atoms with Crippen LogP contribution in [0.5, 0.6) is 0 Å². The first-order chi connectivity index (χ1) is 12.9. The third kappa shape index (κ3) is 2.99. The van der Waals surface area contributed by atoms with Gasteiger partial charge < -0.3 is 0 Å². The summed E-state index contributed by atoms with van der Waals surface area (Å²) in [6.45, 7) is 0. The molecule has 0 aliphatic carbocycles. The molecule has 0 bridgehead atoms. The van der Waals surface area contributed by atoms with Crippen molar-refractivity contribution in [2.45, 2.75) is 0 Å². The van der Waals surface area contributed by atoms with E-state index < -0.39 is 0 Å². The summed E-state index contributed by atoms with van der Waals surface area (Å²) in [4.78, 5) is 8.05. The van der Waals surface area contributed by atoms with Crippen LogP contribution < -0.4 is 0 Å². The maximum absolute atomic E-state index is 2.26. The lowest BCUT2D eigenvalue weighted by Gasteiger charge is -1.94. The van der Waals surface area contributed by atoms with Gasteiger partial charge in [-0.15, -0.1) is 45.3 Å². The quantitative estimate of drug-likeness (QED) is 0.280. The average Bonchev–Trinajstić information content (AvgIpc) is 3.46. The lowest BCUT2D eigenvalue weighted by atomic mass is 10.1. The molecule has 0 aliphatic heterocycles. The van der Waals surface area contributed by atoms with Crippen molar-refractivity contribution < 1.29 is 0 Å². The van der Waals surface area contributed by atoms with Crippen LogP contribution in [0.1, 0.15) is 9.75 Å². The SMILES string of the molecule is C(=C\c1ccc(-c2sc(-c3cccs3)c3ccccc23)s1)/c1cccs1. The maximum Gasteiger partial charge on any atom is 0.0528 e. The summed E-state index contributed by atoms with van der Waals surface area (Å²) < 4.78 is 0. The minimum Gasteiger partial charge on any atom is -0.144 e. The minimum absolute atomic E-state index is 1.29. The topological polar surface area (TPSA) is 0 Å². The third-order valence-corrected chi connectivity index (χ3v) is 8.51. The molecule has 5 rings (SSSR count). The van der Waals surface area contributed by atoms with Crippen LogP contribution in [0.25, 0.3) is 42.4 Å². The molecule has 4 heteroatoms. The summed E-state index contributed by atoms with van der Waals surface area (Å²) in [5, 5.41) is 6.99. The minimum atomic E-state index is 1.29. The molecule has 0 N–H and O–H groups in total. The Balaban J connectivity index is 1.58. The molecular formula is C22H14S4. The summed E-state index contributed by atoms with van der Waals surface area (Å²) >= 11 is 7.36. The molecule has 26 heavy (non-hydrogen) atoms. The van der Waals surface area contributed by atoms with Gasteiger partial charge >= 0.3 is 0 Å². The van der Waals surface area contributed by atoms with Gasteiger partial charge in [-0.1, -0.05) is 36.4 Å². The zero-order valence-corrected chi connectivity index (χ0v) is 17.0. The fraction of sp³-hybridized carbons (Fsp3) is 0. The summed E-state index contributed by atoms with van der Waals surface area (Å²) in [7, 11) is 0. The molecule has 1 aromatic carbocycles. The first-order valence-electron chi connectivity index (χ1n) is 8.26. The van der Waals surface area contributed by atoms with Crippen molar-refractivity contribution in [3.05, 3.63) is 81.2 Å². The lowest BCUT2D eigenvalue weighted by Crippen LogP contribution is -1.68. The third-order valence-electron chi connectivity index (χ3n) is 4.17. The van der Waals surface area contributed by atoms with E-state index in [1.54, 1.807) is 11.3 Å². The standard InChI is InChI=1S/C22H14S4/c1-2-7-18-17(6-1)21(19-8-4-14-24-19)26-22(18)20-12-11-16(25-20)10-9-15-5-3-13-23-15/h1-14H/b10-9+. The van der Waals surface area contributed by atoms with Crippen LogP contribution in [0.3, 0.4) is 0 Å². The molecule has 0 aliphatic rings. The molecule has 0 saturated carbocycles. The van der Waals surface area contributed by atoms with Gasteiger partial charge in [0.15, 0.2) is 0 Å². The Labute approximate surface area is 168 Å². The van der Waals surface area contributed by atoms with Crippen molar-refractivity contribution in [3.8, 4) is 19.5 Å². The highest BCUT2D eigenvalue weighted by atomic mass is 32.1. The Bertz CT molecular complexity index is 1170. The van der Waals surface area contributed by atoms with E-state index in [9.17, 15) is 0 Å². The number of hydrogen-bond donors (Lipinski definition) is 0. The highest BCUT2D eigenvalue weighted by Gasteiger charge is 2.15. The van der Waals surface area contributed by atoms with E-state index in [0.29, 0.717) is 0 Å². The van der Waals surface area contributed by atoms with Crippen molar-refractivity contribution in [1.82, 2.24) is 0 Å². The number of rotatable bonds is 4. The van der Waals surface area contributed by atoms with Crippen LogP contribution >= 0.6 is 45.3 Å². The van der Waals surface area contributed by atoms with Crippen molar-refractivity contribution in [3.63, 3.8) is 0 Å². The van der Waals surface area contributed by atoms with Crippen LogP contribution in [-0.4, -0.2) is 0 Å². The number of thiophene rings is 4. The predicted octanol–water partition coefficient (Wildman–Crippen LogP) is 8.59. The normalized spacial score (nSPS) is 11.7. The van der Waals surface area contributed by atoms with Crippen LogP contribution in [0, 0.1) is 0 Å². The Kier molecular flexibility index (Phi) is 4.35. The molecule has 126 valence electrons. The highest BCUT2D eigenvalue weighted by molar-refractivity contribution is 7.27.